The van der Waals surface area contributed by atoms with Gasteiger partial charge in [-0.05, 0) is 83.1 Å². The Morgan fingerprint density at radius 1 is 0.532 bits per heavy atom. The minimum absolute atomic E-state index is 0.106. The van der Waals surface area contributed by atoms with E-state index in [1.807, 2.05) is 0 Å². The smallest absolute Gasteiger partial charge is 0.358 e. The van der Waals surface area contributed by atoms with Gasteiger partial charge in [0.05, 0.1) is 4.92 Å². The topological polar surface area (TPSA) is 140 Å². The Kier molecular flexibility index (Phi) is 9.49. The van der Waals surface area contributed by atoms with Crippen molar-refractivity contribution in [2.45, 2.75) is 173 Å². The van der Waals surface area contributed by atoms with Gasteiger partial charge in [-0.3, -0.25) is 10.1 Å². The zero-order valence-corrected chi connectivity index (χ0v) is 29.8. The molecule has 1 aromatic rings. The van der Waals surface area contributed by atoms with Crippen LogP contribution in [0.4, 0.5) is 14.5 Å². The fourth-order valence-corrected chi connectivity index (χ4v) is 8.36. The van der Waals surface area contributed by atoms with Crippen LogP contribution in [0, 0.1) is 21.7 Å². The zero-order valence-electron chi connectivity index (χ0n) is 29.8. The number of nitro benzene ring substituents is 1. The van der Waals surface area contributed by atoms with E-state index in [2.05, 4.69) is 0 Å². The molecule has 3 saturated heterocycles. The first-order chi connectivity index (χ1) is 21.1. The van der Waals surface area contributed by atoms with Crippen LogP contribution < -0.4 is 14.2 Å². The van der Waals surface area contributed by atoms with Crippen molar-refractivity contribution in [2.75, 3.05) is 0 Å². The number of rotatable bonds is 7. The molecular weight excluding hydrogens is 618 g/mol. The van der Waals surface area contributed by atoms with Crippen LogP contribution in [0.25, 0.3) is 0 Å². The van der Waals surface area contributed by atoms with E-state index in [0.29, 0.717) is 0 Å². The fourth-order valence-electron chi connectivity index (χ4n) is 8.36. The van der Waals surface area contributed by atoms with Gasteiger partial charge >= 0.3 is 5.69 Å². The van der Waals surface area contributed by atoms with Crippen molar-refractivity contribution in [1.82, 2.24) is 15.2 Å². The number of hydroxylamine groups is 6. The summed E-state index contributed by atoms with van der Waals surface area (Å²) in [5, 5.41) is 54.5. The van der Waals surface area contributed by atoms with Gasteiger partial charge < -0.3 is 14.2 Å². The van der Waals surface area contributed by atoms with Crippen LogP contribution in [-0.2, 0) is 15.6 Å². The highest BCUT2D eigenvalue weighted by Gasteiger charge is 2.52. The molecule has 0 spiro atoms. The summed E-state index contributed by atoms with van der Waals surface area (Å²) in [7, 11) is 0. The largest absolute Gasteiger partial charge is 0.484 e. The number of ether oxygens (including phenoxy) is 3. The lowest BCUT2D eigenvalue weighted by Gasteiger charge is -2.50. The molecule has 14 heteroatoms. The molecule has 0 saturated carbocycles. The summed E-state index contributed by atoms with van der Waals surface area (Å²) >= 11 is 0. The first-order valence-electron chi connectivity index (χ1n) is 16.2. The second kappa shape index (κ2) is 11.9. The van der Waals surface area contributed by atoms with Gasteiger partial charge in [0.15, 0.2) is 5.75 Å². The number of hydrogen-bond donors (Lipinski definition) is 0. The number of halogens is 2. The Hall–Kier alpha value is -2.36. The predicted octanol–water partition coefficient (Wildman–Crippen LogP) is 7.11. The van der Waals surface area contributed by atoms with Crippen LogP contribution in [0.5, 0.6) is 17.2 Å². The lowest BCUT2D eigenvalue weighted by Crippen LogP contribution is -2.60. The van der Waals surface area contributed by atoms with Gasteiger partial charge in [-0.1, -0.05) is 0 Å². The summed E-state index contributed by atoms with van der Waals surface area (Å²) in [6, 6.07) is 0. The molecular formula is C33H51F2N4O8. The Labute approximate surface area is 276 Å². The van der Waals surface area contributed by atoms with E-state index in [0.717, 1.165) is 15.2 Å². The van der Waals surface area contributed by atoms with E-state index in [-0.39, 0.29) is 38.5 Å². The molecule has 4 rings (SSSR count). The molecule has 0 N–H and O–H groups in total. The van der Waals surface area contributed by atoms with Gasteiger partial charge in [-0.25, -0.2) is 0 Å². The van der Waals surface area contributed by atoms with Gasteiger partial charge in [-0.15, -0.1) is 30.8 Å². The fraction of sp³-hybridized carbons (Fsp3) is 0.818. The van der Waals surface area contributed by atoms with E-state index in [4.69, 9.17) is 14.2 Å². The van der Waals surface area contributed by atoms with Gasteiger partial charge in [-0.2, -0.15) is 8.78 Å². The third-order valence-electron chi connectivity index (χ3n) is 9.93. The van der Waals surface area contributed by atoms with Gasteiger partial charge in [0.2, 0.25) is 23.1 Å². The lowest BCUT2D eigenvalue weighted by molar-refractivity contribution is -0.388. The van der Waals surface area contributed by atoms with Crippen LogP contribution in [0.3, 0.4) is 0 Å². The quantitative estimate of drug-likeness (QED) is 0.221. The van der Waals surface area contributed by atoms with E-state index in [9.17, 15) is 25.7 Å². The summed E-state index contributed by atoms with van der Waals surface area (Å²) in [5.74, 6) is -5.42. The number of hydrogen-bond acceptors (Lipinski definition) is 8. The van der Waals surface area contributed by atoms with Crippen molar-refractivity contribution >= 4 is 5.69 Å². The molecule has 12 nitrogen and oxygen atoms in total. The second-order valence-corrected chi connectivity index (χ2v) is 17.4. The number of benzene rings is 1. The maximum absolute atomic E-state index is 16.6. The van der Waals surface area contributed by atoms with Crippen LogP contribution in [0.15, 0.2) is 0 Å². The first kappa shape index (κ1) is 37.5. The number of nitrogens with zero attached hydrogens (tertiary/aromatic N) is 4. The summed E-state index contributed by atoms with van der Waals surface area (Å²) in [6.07, 6.45) is -1.87. The monoisotopic (exact) mass is 669 g/mol. The Balaban J connectivity index is 1.86. The maximum atomic E-state index is 16.6. The molecule has 0 aliphatic carbocycles. The first-order valence-corrected chi connectivity index (χ1v) is 16.2. The lowest BCUT2D eigenvalue weighted by atomic mass is 9.80. The second-order valence-electron chi connectivity index (χ2n) is 17.4. The Bertz CT molecular complexity index is 1260. The molecule has 3 fully saturated rings. The van der Waals surface area contributed by atoms with Gasteiger partial charge in [0, 0.05) is 71.8 Å². The standard InChI is InChI=1S/C33H51F2N4O8/c1-28(2)13-19(14-29(3,4)37(28)42)45-25-22(34)26(46-20-15-30(5,6)38(43)31(7,8)16-20)24(36(40)41)27(23(25)35)47-21-17-32(9,10)39(44)33(11,12)18-21/h19-21H,13-18H2,1-12H3. The third kappa shape index (κ3) is 7.04. The minimum atomic E-state index is -1.41. The van der Waals surface area contributed by atoms with Crippen LogP contribution >= 0.6 is 0 Å². The molecule has 0 aromatic heterocycles. The van der Waals surface area contributed by atoms with Crippen molar-refractivity contribution < 1.29 is 43.5 Å². The average molecular weight is 670 g/mol. The van der Waals surface area contributed by atoms with Crippen molar-refractivity contribution in [1.29, 1.82) is 0 Å². The minimum Gasteiger partial charge on any atom is -0.484 e. The zero-order chi connectivity index (χ0) is 35.9. The Morgan fingerprint density at radius 2 is 0.745 bits per heavy atom. The Morgan fingerprint density at radius 3 is 0.957 bits per heavy atom. The van der Waals surface area contributed by atoms with Crippen molar-refractivity contribution in [3.63, 3.8) is 0 Å². The molecule has 0 amide bonds. The molecule has 3 radical (unpaired) electrons. The molecule has 3 heterocycles. The third-order valence-corrected chi connectivity index (χ3v) is 9.93. The predicted molar refractivity (Wildman–Crippen MR) is 166 cm³/mol. The molecule has 3 aliphatic heterocycles. The molecule has 265 valence electrons. The number of nitro groups is 1. The molecule has 0 bridgehead atoms. The van der Waals surface area contributed by atoms with E-state index < -0.39 is 91.0 Å². The van der Waals surface area contributed by atoms with Crippen molar-refractivity contribution in [2.24, 2.45) is 0 Å². The molecule has 0 unspecified atom stereocenters. The summed E-state index contributed by atoms with van der Waals surface area (Å²) < 4.78 is 51.4. The highest BCUT2D eigenvalue weighted by atomic mass is 19.1. The maximum Gasteiger partial charge on any atom is 0.358 e. The molecule has 1 aromatic carbocycles. The van der Waals surface area contributed by atoms with E-state index in [1.54, 1.807) is 83.1 Å². The van der Waals surface area contributed by atoms with E-state index >= 15 is 8.78 Å². The van der Waals surface area contributed by atoms with Crippen LogP contribution in [0.1, 0.15) is 122 Å². The van der Waals surface area contributed by atoms with Crippen LogP contribution in [-0.4, -0.2) is 71.7 Å². The molecule has 0 atom stereocenters. The van der Waals surface area contributed by atoms with E-state index in [1.165, 1.54) is 0 Å². The highest BCUT2D eigenvalue weighted by Crippen LogP contribution is 2.51. The highest BCUT2D eigenvalue weighted by molar-refractivity contribution is 5.63. The average Bonchev–Trinajstić information content (AvgIpc) is 2.88. The SMILES string of the molecule is CC1(C)CC(Oc2c(F)c(OC3CC(C)(C)N([O])C(C)(C)C3)c([N+](=O)[O-])c(OC3CC(C)(C)N([O])C(C)(C)C3)c2F)CC(C)(C)N1[O]. The van der Waals surface area contributed by atoms with Gasteiger partial charge in [0.25, 0.3) is 0 Å². The molecule has 47 heavy (non-hydrogen) atoms. The summed E-state index contributed by atoms with van der Waals surface area (Å²) in [4.78, 5) is 11.7. The molecule has 3 aliphatic rings. The number of piperidine rings is 3. The van der Waals surface area contributed by atoms with Gasteiger partial charge in [0.1, 0.15) is 18.3 Å². The summed E-state index contributed by atoms with van der Waals surface area (Å²) in [6.45, 7) is 20.5. The van der Waals surface area contributed by atoms with Crippen molar-refractivity contribution in [3.8, 4) is 17.2 Å². The van der Waals surface area contributed by atoms with Crippen molar-refractivity contribution in [3.05, 3.63) is 21.7 Å². The normalized spacial score (nSPS) is 26.6. The summed E-state index contributed by atoms with van der Waals surface area (Å²) in [5.41, 5.74) is -6.74. The van der Waals surface area contributed by atoms with Crippen LogP contribution in [0.2, 0.25) is 0 Å².